The third-order valence-corrected chi connectivity index (χ3v) is 8.60. The van der Waals surface area contributed by atoms with Crippen LogP contribution in [0.5, 0.6) is 17.2 Å². The molecule has 2 amide bonds. The number of hydrogen-bond acceptors (Lipinski definition) is 7. The van der Waals surface area contributed by atoms with E-state index in [-0.39, 0.29) is 29.1 Å². The lowest BCUT2D eigenvalue weighted by Crippen LogP contribution is -2.52. The van der Waals surface area contributed by atoms with E-state index >= 15 is 0 Å². The zero-order valence-corrected chi connectivity index (χ0v) is 26.8. The second-order valence-electron chi connectivity index (χ2n) is 10.6. The predicted octanol–water partition coefficient (Wildman–Crippen LogP) is 4.47. The molecule has 0 saturated heterocycles. The highest BCUT2D eigenvalue weighted by atomic mass is 32.2. The van der Waals surface area contributed by atoms with Crippen molar-refractivity contribution in [2.24, 2.45) is 0 Å². The van der Waals surface area contributed by atoms with Crippen LogP contribution in [0.3, 0.4) is 0 Å². The van der Waals surface area contributed by atoms with Gasteiger partial charge in [0.1, 0.15) is 18.3 Å². The van der Waals surface area contributed by atoms with Gasteiger partial charge in [-0.2, -0.15) is 0 Å². The van der Waals surface area contributed by atoms with Crippen molar-refractivity contribution in [2.45, 2.75) is 58.1 Å². The number of aryl methyl sites for hydroxylation is 2. The van der Waals surface area contributed by atoms with Crippen molar-refractivity contribution >= 4 is 27.5 Å². The summed E-state index contributed by atoms with van der Waals surface area (Å²) in [6.07, 6.45) is 0. The van der Waals surface area contributed by atoms with Gasteiger partial charge in [0.25, 0.3) is 10.0 Å². The van der Waals surface area contributed by atoms with Gasteiger partial charge in [0.05, 0.1) is 31.9 Å². The van der Waals surface area contributed by atoms with E-state index in [0.29, 0.717) is 17.2 Å². The number of ether oxygens (including phenoxy) is 3. The minimum absolute atomic E-state index is 0.0760. The molecule has 0 radical (unpaired) electrons. The van der Waals surface area contributed by atoms with E-state index in [1.54, 1.807) is 50.4 Å². The van der Waals surface area contributed by atoms with Crippen LogP contribution in [0.2, 0.25) is 0 Å². The van der Waals surface area contributed by atoms with Gasteiger partial charge in [-0.15, -0.1) is 0 Å². The fraction of sp³-hybridized carbons (Fsp3) is 0.375. The summed E-state index contributed by atoms with van der Waals surface area (Å²) in [5, 5.41) is 2.85. The Bertz CT molecular complexity index is 1520. The maximum Gasteiger partial charge on any atom is 0.264 e. The standard InChI is InChI=1S/C32H41N3O7S/c1-21(2)33-32(37)24(5)34(19-25-9-11-27(40-6)12-10-25)31(36)20-35(26-16-22(3)15-23(4)17-26)43(38,39)28-13-14-29(41-7)30(18-28)42-8/h9-18,21,24H,19-20H2,1-8H3,(H,33,37). The number of sulfonamides is 1. The molecule has 0 aliphatic heterocycles. The van der Waals surface area contributed by atoms with E-state index in [0.717, 1.165) is 21.0 Å². The maximum absolute atomic E-state index is 14.2. The minimum Gasteiger partial charge on any atom is -0.497 e. The molecule has 10 nitrogen and oxygen atoms in total. The van der Waals surface area contributed by atoms with Crippen LogP contribution in [0.4, 0.5) is 5.69 Å². The number of methoxy groups -OCH3 is 3. The molecule has 0 aliphatic carbocycles. The lowest BCUT2D eigenvalue weighted by molar-refractivity contribution is -0.139. The van der Waals surface area contributed by atoms with Crippen molar-refractivity contribution in [3.8, 4) is 17.2 Å². The summed E-state index contributed by atoms with van der Waals surface area (Å²) in [6.45, 7) is 8.53. The van der Waals surface area contributed by atoms with Crippen LogP contribution < -0.4 is 23.8 Å². The van der Waals surface area contributed by atoms with Gasteiger partial charge in [-0.05, 0) is 87.7 Å². The van der Waals surface area contributed by atoms with Crippen LogP contribution in [-0.2, 0) is 26.2 Å². The number of anilines is 1. The normalized spacial score (nSPS) is 11.9. The van der Waals surface area contributed by atoms with Crippen molar-refractivity contribution in [3.63, 3.8) is 0 Å². The molecular formula is C32H41N3O7S. The van der Waals surface area contributed by atoms with Gasteiger partial charge in [-0.1, -0.05) is 18.2 Å². The quantitative estimate of drug-likeness (QED) is 0.303. The third kappa shape index (κ3) is 8.19. The van der Waals surface area contributed by atoms with Crippen LogP contribution in [0.1, 0.15) is 37.5 Å². The molecule has 3 rings (SSSR count). The Balaban J connectivity index is 2.10. The number of benzene rings is 3. The van der Waals surface area contributed by atoms with E-state index in [4.69, 9.17) is 14.2 Å². The number of carbonyl (C=O) groups is 2. The number of amides is 2. The fourth-order valence-corrected chi connectivity index (χ4v) is 6.06. The van der Waals surface area contributed by atoms with Crippen LogP contribution in [0.25, 0.3) is 0 Å². The van der Waals surface area contributed by atoms with Gasteiger partial charge >= 0.3 is 0 Å². The zero-order valence-electron chi connectivity index (χ0n) is 26.0. The fourth-order valence-electron chi connectivity index (χ4n) is 4.64. The van der Waals surface area contributed by atoms with Gasteiger partial charge in [0.2, 0.25) is 11.8 Å². The third-order valence-electron chi connectivity index (χ3n) is 6.83. The van der Waals surface area contributed by atoms with E-state index in [9.17, 15) is 18.0 Å². The molecule has 1 atom stereocenters. The Morgan fingerprint density at radius 1 is 0.814 bits per heavy atom. The van der Waals surface area contributed by atoms with Crippen molar-refractivity contribution < 1.29 is 32.2 Å². The first kappa shape index (κ1) is 33.3. The average molecular weight is 612 g/mol. The Kier molecular flexibility index (Phi) is 11.0. The summed E-state index contributed by atoms with van der Waals surface area (Å²) < 4.78 is 45.4. The highest BCUT2D eigenvalue weighted by Gasteiger charge is 2.33. The van der Waals surface area contributed by atoms with Crippen molar-refractivity contribution in [3.05, 3.63) is 77.4 Å². The van der Waals surface area contributed by atoms with Crippen LogP contribution >= 0.6 is 0 Å². The minimum atomic E-state index is -4.29. The van der Waals surface area contributed by atoms with Crippen LogP contribution in [0.15, 0.2) is 65.6 Å². The number of carbonyl (C=O) groups excluding carboxylic acids is 2. The molecule has 0 spiro atoms. The number of nitrogens with one attached hydrogen (secondary N) is 1. The van der Waals surface area contributed by atoms with Crippen LogP contribution in [0, 0.1) is 13.8 Å². The van der Waals surface area contributed by atoms with E-state index in [2.05, 4.69) is 5.32 Å². The molecular weight excluding hydrogens is 570 g/mol. The molecule has 3 aromatic carbocycles. The SMILES string of the molecule is COc1ccc(CN(C(=O)CN(c2cc(C)cc(C)c2)S(=O)(=O)c2ccc(OC)c(OC)c2)C(C)C(=O)NC(C)C)cc1. The first-order valence-electron chi connectivity index (χ1n) is 13.9. The van der Waals surface area contributed by atoms with Crippen molar-refractivity contribution in [1.29, 1.82) is 0 Å². The molecule has 0 heterocycles. The topological polar surface area (TPSA) is 114 Å². The maximum atomic E-state index is 14.2. The monoisotopic (exact) mass is 611 g/mol. The first-order valence-corrected chi connectivity index (χ1v) is 15.3. The zero-order chi connectivity index (χ0) is 31.9. The predicted molar refractivity (Wildman–Crippen MR) is 166 cm³/mol. The summed E-state index contributed by atoms with van der Waals surface area (Å²) >= 11 is 0. The van der Waals surface area contributed by atoms with Gasteiger partial charge < -0.3 is 24.4 Å². The molecule has 232 valence electrons. The molecule has 0 saturated carbocycles. The largest absolute Gasteiger partial charge is 0.497 e. The van der Waals surface area contributed by atoms with Crippen LogP contribution in [-0.4, -0.2) is 65.1 Å². The molecule has 1 N–H and O–H groups in total. The molecule has 1 unspecified atom stereocenters. The second kappa shape index (κ2) is 14.3. The summed E-state index contributed by atoms with van der Waals surface area (Å²) in [6, 6.07) is 15.7. The Morgan fingerprint density at radius 2 is 1.42 bits per heavy atom. The van der Waals surface area contributed by atoms with Gasteiger partial charge in [-0.3, -0.25) is 13.9 Å². The summed E-state index contributed by atoms with van der Waals surface area (Å²) in [7, 11) is 0.147. The summed E-state index contributed by atoms with van der Waals surface area (Å²) in [5.41, 5.74) is 2.73. The number of hydrogen-bond donors (Lipinski definition) is 1. The Labute approximate surface area is 254 Å². The molecule has 11 heteroatoms. The van der Waals surface area contributed by atoms with E-state index < -0.39 is 28.5 Å². The number of rotatable bonds is 13. The lowest BCUT2D eigenvalue weighted by atomic mass is 10.1. The lowest BCUT2D eigenvalue weighted by Gasteiger charge is -2.32. The Morgan fingerprint density at radius 3 is 1.95 bits per heavy atom. The number of nitrogens with zero attached hydrogens (tertiary/aromatic N) is 2. The van der Waals surface area contributed by atoms with E-state index in [1.165, 1.54) is 37.3 Å². The summed E-state index contributed by atoms with van der Waals surface area (Å²) in [5.74, 6) is 0.346. The molecule has 0 bridgehead atoms. The molecule has 3 aromatic rings. The molecule has 0 aromatic heterocycles. The Hall–Kier alpha value is -4.25. The van der Waals surface area contributed by atoms with Crippen molar-refractivity contribution in [2.75, 3.05) is 32.2 Å². The highest BCUT2D eigenvalue weighted by molar-refractivity contribution is 7.92. The second-order valence-corrected chi connectivity index (χ2v) is 12.4. The highest BCUT2D eigenvalue weighted by Crippen LogP contribution is 2.33. The molecule has 43 heavy (non-hydrogen) atoms. The van der Waals surface area contributed by atoms with Gasteiger partial charge in [-0.25, -0.2) is 8.42 Å². The average Bonchev–Trinajstić information content (AvgIpc) is 2.97. The van der Waals surface area contributed by atoms with Gasteiger partial charge in [0.15, 0.2) is 11.5 Å². The molecule has 0 fully saturated rings. The first-order chi connectivity index (χ1) is 20.3. The summed E-state index contributed by atoms with van der Waals surface area (Å²) in [4.78, 5) is 28.5. The van der Waals surface area contributed by atoms with E-state index in [1.807, 2.05) is 33.8 Å². The van der Waals surface area contributed by atoms with Gasteiger partial charge in [0, 0.05) is 18.7 Å². The smallest absolute Gasteiger partial charge is 0.264 e. The molecule has 0 aliphatic rings. The van der Waals surface area contributed by atoms with Crippen molar-refractivity contribution in [1.82, 2.24) is 10.2 Å².